The topological polar surface area (TPSA) is 73.6 Å². The number of rotatable bonds is 8. The Bertz CT molecular complexity index is 1220. The summed E-state index contributed by atoms with van der Waals surface area (Å²) in [5.41, 5.74) is 3.47. The fraction of sp³-hybridized carbons (Fsp3) is 0.167. The van der Waals surface area contributed by atoms with Crippen LogP contribution in [0.25, 0.3) is 22.0 Å². The van der Waals surface area contributed by atoms with Gasteiger partial charge in [0.2, 0.25) is 0 Å². The molecule has 0 fully saturated rings. The quantitative estimate of drug-likeness (QED) is 0.439. The van der Waals surface area contributed by atoms with E-state index in [1.165, 1.54) is 19.2 Å². The van der Waals surface area contributed by atoms with Crippen molar-refractivity contribution in [1.29, 1.82) is 0 Å². The Kier molecular flexibility index (Phi) is 5.84. The van der Waals surface area contributed by atoms with Gasteiger partial charge in [-0.2, -0.15) is 5.10 Å². The maximum Gasteiger partial charge on any atom is 0.305 e. The number of carboxylic acid groups (broad SMARTS) is 1. The Morgan fingerprint density at radius 3 is 2.58 bits per heavy atom. The number of hydrogen-bond acceptors (Lipinski definition) is 4. The first-order valence-electron chi connectivity index (χ1n) is 9.76. The summed E-state index contributed by atoms with van der Waals surface area (Å²) in [6.45, 7) is 0.702. The van der Waals surface area contributed by atoms with Crippen LogP contribution in [-0.4, -0.2) is 28.0 Å². The molecule has 1 N–H and O–H groups in total. The molecule has 6 nitrogen and oxygen atoms in total. The van der Waals surface area contributed by atoms with Gasteiger partial charge in [0.05, 0.1) is 31.8 Å². The van der Waals surface area contributed by atoms with Gasteiger partial charge in [-0.3, -0.25) is 9.48 Å². The predicted octanol–water partition coefficient (Wildman–Crippen LogP) is 4.90. The minimum atomic E-state index is -0.855. The van der Waals surface area contributed by atoms with E-state index in [1.807, 2.05) is 42.5 Å². The second-order valence-corrected chi connectivity index (χ2v) is 7.10. The molecule has 0 atom stereocenters. The molecule has 0 spiro atoms. The standard InChI is InChI=1S/C24H21FN2O4/c1-30-22-11-18(10-20(25)13-22)17-4-2-16(3-5-17)15-31-21-6-7-23-19(12-21)14-26-27(23)9-8-24(28)29/h2-7,10-14H,8-9,15H2,1H3,(H,28,29). The Morgan fingerprint density at radius 2 is 1.84 bits per heavy atom. The van der Waals surface area contributed by atoms with Crippen molar-refractivity contribution < 1.29 is 23.8 Å². The molecule has 158 valence electrons. The average molecular weight is 420 g/mol. The van der Waals surface area contributed by atoms with Crippen molar-refractivity contribution in [2.24, 2.45) is 0 Å². The highest BCUT2D eigenvalue weighted by Gasteiger charge is 2.07. The van der Waals surface area contributed by atoms with Crippen molar-refractivity contribution in [3.05, 3.63) is 78.2 Å². The maximum absolute atomic E-state index is 13.7. The van der Waals surface area contributed by atoms with Crippen LogP contribution in [0.1, 0.15) is 12.0 Å². The van der Waals surface area contributed by atoms with Gasteiger partial charge in [-0.1, -0.05) is 24.3 Å². The molecule has 0 unspecified atom stereocenters. The van der Waals surface area contributed by atoms with Gasteiger partial charge >= 0.3 is 5.97 Å². The SMILES string of the molecule is COc1cc(F)cc(-c2ccc(COc3ccc4c(cnn4CCC(=O)O)c3)cc2)c1. The van der Waals surface area contributed by atoms with E-state index in [0.29, 0.717) is 24.7 Å². The monoisotopic (exact) mass is 420 g/mol. The molecule has 3 aromatic carbocycles. The third kappa shape index (κ3) is 4.83. The molecule has 0 amide bonds. The van der Waals surface area contributed by atoms with Crippen LogP contribution in [0.4, 0.5) is 4.39 Å². The lowest BCUT2D eigenvalue weighted by Crippen LogP contribution is -2.05. The van der Waals surface area contributed by atoms with Gasteiger partial charge in [0.15, 0.2) is 0 Å². The summed E-state index contributed by atoms with van der Waals surface area (Å²) in [4.78, 5) is 10.8. The highest BCUT2D eigenvalue weighted by Crippen LogP contribution is 2.26. The molecule has 31 heavy (non-hydrogen) atoms. The van der Waals surface area contributed by atoms with Crippen LogP contribution in [-0.2, 0) is 17.9 Å². The van der Waals surface area contributed by atoms with Crippen molar-refractivity contribution in [3.8, 4) is 22.6 Å². The molecule has 0 bridgehead atoms. The minimum absolute atomic E-state index is 0.0213. The van der Waals surface area contributed by atoms with E-state index in [1.54, 1.807) is 16.9 Å². The smallest absolute Gasteiger partial charge is 0.305 e. The number of methoxy groups -OCH3 is 1. The van der Waals surface area contributed by atoms with E-state index in [-0.39, 0.29) is 12.2 Å². The van der Waals surface area contributed by atoms with E-state index in [4.69, 9.17) is 14.6 Å². The summed E-state index contributed by atoms with van der Waals surface area (Å²) < 4.78 is 26.5. The van der Waals surface area contributed by atoms with E-state index in [0.717, 1.165) is 27.6 Å². The zero-order valence-corrected chi connectivity index (χ0v) is 16.9. The van der Waals surface area contributed by atoms with Gasteiger partial charge in [-0.05, 0) is 47.0 Å². The second-order valence-electron chi connectivity index (χ2n) is 7.10. The number of fused-ring (bicyclic) bond motifs is 1. The number of nitrogens with zero attached hydrogens (tertiary/aromatic N) is 2. The number of ether oxygens (including phenoxy) is 2. The highest BCUT2D eigenvalue weighted by molar-refractivity contribution is 5.80. The Hall–Kier alpha value is -3.87. The Balaban J connectivity index is 1.43. The first-order chi connectivity index (χ1) is 15.0. The van der Waals surface area contributed by atoms with E-state index in [2.05, 4.69) is 5.10 Å². The molecule has 0 aliphatic rings. The molecule has 0 radical (unpaired) electrons. The van der Waals surface area contributed by atoms with Gasteiger partial charge in [0.1, 0.15) is 23.9 Å². The fourth-order valence-corrected chi connectivity index (χ4v) is 3.34. The van der Waals surface area contributed by atoms with Crippen molar-refractivity contribution in [3.63, 3.8) is 0 Å². The van der Waals surface area contributed by atoms with Crippen LogP contribution in [0.15, 0.2) is 66.9 Å². The number of carbonyl (C=O) groups is 1. The zero-order valence-electron chi connectivity index (χ0n) is 16.9. The van der Waals surface area contributed by atoms with Crippen LogP contribution in [0.5, 0.6) is 11.5 Å². The van der Waals surface area contributed by atoms with Crippen molar-refractivity contribution in [1.82, 2.24) is 9.78 Å². The molecule has 4 rings (SSSR count). The number of aryl methyl sites for hydroxylation is 1. The van der Waals surface area contributed by atoms with Gasteiger partial charge < -0.3 is 14.6 Å². The van der Waals surface area contributed by atoms with Crippen LogP contribution in [0, 0.1) is 5.82 Å². The van der Waals surface area contributed by atoms with Gasteiger partial charge in [-0.25, -0.2) is 4.39 Å². The second kappa shape index (κ2) is 8.87. The van der Waals surface area contributed by atoms with Crippen LogP contribution in [0.3, 0.4) is 0 Å². The molecule has 0 aliphatic heterocycles. The normalized spacial score (nSPS) is 10.9. The minimum Gasteiger partial charge on any atom is -0.497 e. The number of halogens is 1. The number of aromatic nitrogens is 2. The fourth-order valence-electron chi connectivity index (χ4n) is 3.34. The maximum atomic E-state index is 13.7. The summed E-state index contributed by atoms with van der Waals surface area (Å²) in [6, 6.07) is 17.9. The van der Waals surface area contributed by atoms with Crippen LogP contribution < -0.4 is 9.47 Å². The lowest BCUT2D eigenvalue weighted by Gasteiger charge is -2.09. The van der Waals surface area contributed by atoms with Gasteiger partial charge in [-0.15, -0.1) is 0 Å². The van der Waals surface area contributed by atoms with Gasteiger partial charge in [0, 0.05) is 11.5 Å². The predicted molar refractivity (Wildman–Crippen MR) is 115 cm³/mol. The Morgan fingerprint density at radius 1 is 1.03 bits per heavy atom. The van der Waals surface area contributed by atoms with Gasteiger partial charge in [0.25, 0.3) is 0 Å². The van der Waals surface area contributed by atoms with Crippen molar-refractivity contribution in [2.75, 3.05) is 7.11 Å². The summed E-state index contributed by atoms with van der Waals surface area (Å²) >= 11 is 0. The molecule has 1 heterocycles. The zero-order chi connectivity index (χ0) is 21.8. The summed E-state index contributed by atoms with van der Waals surface area (Å²) in [5, 5.41) is 14.0. The number of aliphatic carboxylic acids is 1. The lowest BCUT2D eigenvalue weighted by molar-refractivity contribution is -0.137. The summed E-state index contributed by atoms with van der Waals surface area (Å²) in [7, 11) is 1.51. The van der Waals surface area contributed by atoms with E-state index >= 15 is 0 Å². The third-order valence-electron chi connectivity index (χ3n) is 4.95. The lowest BCUT2D eigenvalue weighted by atomic mass is 10.0. The molecule has 4 aromatic rings. The van der Waals surface area contributed by atoms with E-state index < -0.39 is 5.97 Å². The average Bonchev–Trinajstić information content (AvgIpc) is 3.18. The molecule has 0 saturated carbocycles. The Labute approximate surface area is 178 Å². The summed E-state index contributed by atoms with van der Waals surface area (Å²) in [5.74, 6) is -0.0251. The summed E-state index contributed by atoms with van der Waals surface area (Å²) in [6.07, 6.45) is 1.72. The largest absolute Gasteiger partial charge is 0.497 e. The van der Waals surface area contributed by atoms with Crippen molar-refractivity contribution >= 4 is 16.9 Å². The first-order valence-corrected chi connectivity index (χ1v) is 9.76. The number of carboxylic acids is 1. The first kappa shape index (κ1) is 20.4. The third-order valence-corrected chi connectivity index (χ3v) is 4.95. The van der Waals surface area contributed by atoms with E-state index in [9.17, 15) is 9.18 Å². The highest BCUT2D eigenvalue weighted by atomic mass is 19.1. The molecule has 0 aliphatic carbocycles. The van der Waals surface area contributed by atoms with Crippen LogP contribution in [0.2, 0.25) is 0 Å². The molecule has 1 aromatic heterocycles. The molecular weight excluding hydrogens is 399 g/mol. The molecule has 0 saturated heterocycles. The van der Waals surface area contributed by atoms with Crippen LogP contribution >= 0.6 is 0 Å². The molecule has 7 heteroatoms. The number of benzene rings is 3. The number of hydrogen-bond donors (Lipinski definition) is 1. The van der Waals surface area contributed by atoms with Crippen molar-refractivity contribution in [2.45, 2.75) is 19.6 Å². The molecular formula is C24H21FN2O4.